The molecule has 3 aromatic carbocycles. The van der Waals surface area contributed by atoms with Crippen molar-refractivity contribution in [3.63, 3.8) is 0 Å². The van der Waals surface area contributed by atoms with Gasteiger partial charge in [0.15, 0.2) is 0 Å². The van der Waals surface area contributed by atoms with Gasteiger partial charge < -0.3 is 20.4 Å². The summed E-state index contributed by atoms with van der Waals surface area (Å²) in [6, 6.07) is 24.3. The number of para-hydroxylation sites is 1. The van der Waals surface area contributed by atoms with E-state index in [1.807, 2.05) is 78.9 Å². The van der Waals surface area contributed by atoms with E-state index in [0.717, 1.165) is 37.8 Å². The average molecular weight is 562 g/mol. The fourth-order valence-corrected chi connectivity index (χ4v) is 4.47. The lowest BCUT2D eigenvalue weighted by Crippen LogP contribution is -2.49. The van der Waals surface area contributed by atoms with Crippen molar-refractivity contribution < 1.29 is 19.1 Å². The van der Waals surface area contributed by atoms with Gasteiger partial charge >= 0.3 is 5.97 Å². The Hall–Kier alpha value is -3.91. The van der Waals surface area contributed by atoms with Gasteiger partial charge in [-0.2, -0.15) is 0 Å². The number of fused-ring (bicyclic) bond motifs is 1. The molecule has 0 bridgehead atoms. The van der Waals surface area contributed by atoms with Crippen molar-refractivity contribution in [2.75, 3.05) is 13.2 Å². The summed E-state index contributed by atoms with van der Waals surface area (Å²) < 4.78 is 5.86. The van der Waals surface area contributed by atoms with E-state index in [1.165, 1.54) is 0 Å². The Morgan fingerprint density at radius 1 is 0.946 bits per heavy atom. The summed E-state index contributed by atoms with van der Waals surface area (Å²) in [5, 5.41) is 6.42. The Morgan fingerprint density at radius 3 is 2.38 bits per heavy atom. The van der Waals surface area contributed by atoms with Gasteiger partial charge in [-0.25, -0.2) is 0 Å². The van der Waals surface area contributed by atoms with E-state index in [9.17, 15) is 14.4 Å². The predicted octanol–water partition coefficient (Wildman–Crippen LogP) is 4.55. The number of hydrogen-bond acceptors (Lipinski definition) is 4. The Labute approximate surface area is 223 Å². The number of rotatable bonds is 10. The van der Waals surface area contributed by atoms with Crippen molar-refractivity contribution in [3.8, 4) is 11.3 Å². The molecule has 1 heterocycles. The van der Waals surface area contributed by atoms with Crippen LogP contribution in [-0.2, 0) is 32.0 Å². The van der Waals surface area contributed by atoms with Gasteiger partial charge in [0.1, 0.15) is 12.6 Å². The molecule has 4 rings (SSSR count). The summed E-state index contributed by atoms with van der Waals surface area (Å²) in [6.07, 6.45) is 0.362. The Balaban J connectivity index is 1.57. The zero-order chi connectivity index (χ0) is 26.2. The van der Waals surface area contributed by atoms with Crippen LogP contribution in [0.15, 0.2) is 83.3 Å². The third-order valence-corrected chi connectivity index (χ3v) is 6.46. The van der Waals surface area contributed by atoms with Crippen molar-refractivity contribution in [2.45, 2.75) is 25.8 Å². The van der Waals surface area contributed by atoms with Crippen LogP contribution in [0.4, 0.5) is 0 Å². The van der Waals surface area contributed by atoms with Crippen LogP contribution in [0.5, 0.6) is 0 Å². The molecule has 7 nitrogen and oxygen atoms in total. The van der Waals surface area contributed by atoms with Crippen molar-refractivity contribution in [1.82, 2.24) is 15.6 Å². The van der Waals surface area contributed by atoms with E-state index >= 15 is 0 Å². The molecule has 0 saturated heterocycles. The minimum Gasteiger partial charge on any atom is -0.465 e. The molecule has 0 aliphatic rings. The van der Waals surface area contributed by atoms with E-state index in [1.54, 1.807) is 6.92 Å². The number of benzene rings is 3. The minimum absolute atomic E-state index is 0.0753. The summed E-state index contributed by atoms with van der Waals surface area (Å²) in [7, 11) is 0. The summed E-state index contributed by atoms with van der Waals surface area (Å²) >= 11 is 3.47. The van der Waals surface area contributed by atoms with Crippen LogP contribution in [0.3, 0.4) is 0 Å². The largest absolute Gasteiger partial charge is 0.465 e. The lowest BCUT2D eigenvalue weighted by atomic mass is 10.0. The molecule has 0 spiro atoms. The maximum absolute atomic E-state index is 13.3. The number of ether oxygens (including phenoxy) is 1. The number of amides is 2. The normalized spacial score (nSPS) is 11.6. The minimum atomic E-state index is -0.856. The van der Waals surface area contributed by atoms with Gasteiger partial charge in [-0.05, 0) is 41.8 Å². The molecule has 3 N–H and O–H groups in total. The van der Waals surface area contributed by atoms with Gasteiger partial charge in [0.05, 0.1) is 18.7 Å². The van der Waals surface area contributed by atoms with Crippen LogP contribution in [0, 0.1) is 0 Å². The second kappa shape index (κ2) is 12.4. The van der Waals surface area contributed by atoms with Gasteiger partial charge in [0, 0.05) is 21.8 Å². The van der Waals surface area contributed by atoms with Crippen LogP contribution in [0.1, 0.15) is 18.1 Å². The molecular formula is C29H28BrN3O4. The molecule has 1 atom stereocenters. The number of carbonyl (C=O) groups excluding carboxylic acids is 3. The third-order valence-electron chi connectivity index (χ3n) is 5.93. The fraction of sp³-hybridized carbons (Fsp3) is 0.207. The highest BCUT2D eigenvalue weighted by atomic mass is 79.9. The van der Waals surface area contributed by atoms with Crippen LogP contribution in [0.2, 0.25) is 0 Å². The molecule has 190 valence electrons. The maximum Gasteiger partial charge on any atom is 0.325 e. The first kappa shape index (κ1) is 26.2. The molecule has 0 radical (unpaired) electrons. The monoisotopic (exact) mass is 561 g/mol. The zero-order valence-corrected chi connectivity index (χ0v) is 22.0. The highest BCUT2D eigenvalue weighted by molar-refractivity contribution is 9.10. The predicted molar refractivity (Wildman–Crippen MR) is 147 cm³/mol. The SMILES string of the molecule is CCOC(=O)CNC(=O)[C@H](Cc1ccccc1)NC(=O)Cc1c(-c2ccc(Br)cc2)[nH]c2ccccc12. The summed E-state index contributed by atoms with van der Waals surface area (Å²) in [6.45, 7) is 1.67. The van der Waals surface area contributed by atoms with Crippen molar-refractivity contribution in [2.24, 2.45) is 0 Å². The first-order valence-corrected chi connectivity index (χ1v) is 12.9. The molecule has 0 saturated carbocycles. The molecule has 2 amide bonds. The van der Waals surface area contributed by atoms with Gasteiger partial charge in [-0.15, -0.1) is 0 Å². The number of halogens is 1. The molecule has 0 unspecified atom stereocenters. The Bertz CT molecular complexity index is 1380. The van der Waals surface area contributed by atoms with E-state index in [0.29, 0.717) is 0 Å². The van der Waals surface area contributed by atoms with Gasteiger partial charge in [0.25, 0.3) is 0 Å². The van der Waals surface area contributed by atoms with Crippen molar-refractivity contribution in [1.29, 1.82) is 0 Å². The lowest BCUT2D eigenvalue weighted by molar-refractivity contribution is -0.143. The molecular weight excluding hydrogens is 534 g/mol. The summed E-state index contributed by atoms with van der Waals surface area (Å²) in [5.74, 6) is -1.27. The number of esters is 1. The smallest absolute Gasteiger partial charge is 0.325 e. The highest BCUT2D eigenvalue weighted by Gasteiger charge is 2.24. The second-order valence-corrected chi connectivity index (χ2v) is 9.46. The third kappa shape index (κ3) is 6.86. The molecule has 37 heavy (non-hydrogen) atoms. The lowest BCUT2D eigenvalue weighted by Gasteiger charge is -2.19. The number of carbonyl (C=O) groups is 3. The molecule has 0 fully saturated rings. The van der Waals surface area contributed by atoms with E-state index < -0.39 is 17.9 Å². The Kier molecular flexibility index (Phi) is 8.74. The van der Waals surface area contributed by atoms with Gasteiger partial charge in [0.2, 0.25) is 11.8 Å². The zero-order valence-electron chi connectivity index (χ0n) is 20.4. The fourth-order valence-electron chi connectivity index (χ4n) is 4.21. The number of H-pyrrole nitrogens is 1. The Morgan fingerprint density at radius 2 is 1.65 bits per heavy atom. The molecule has 0 aliphatic heterocycles. The van der Waals surface area contributed by atoms with Crippen LogP contribution < -0.4 is 10.6 Å². The second-order valence-electron chi connectivity index (χ2n) is 8.54. The van der Waals surface area contributed by atoms with Gasteiger partial charge in [-0.3, -0.25) is 14.4 Å². The average Bonchev–Trinajstić information content (AvgIpc) is 3.26. The first-order chi connectivity index (χ1) is 17.9. The first-order valence-electron chi connectivity index (χ1n) is 12.1. The van der Waals surface area contributed by atoms with E-state index in [-0.39, 0.29) is 31.9 Å². The summed E-state index contributed by atoms with van der Waals surface area (Å²) in [4.78, 5) is 41.5. The molecule has 0 aliphatic carbocycles. The van der Waals surface area contributed by atoms with E-state index in [4.69, 9.17) is 4.74 Å². The van der Waals surface area contributed by atoms with Crippen LogP contribution in [-0.4, -0.2) is 42.0 Å². The molecule has 1 aromatic heterocycles. The molecule has 8 heteroatoms. The van der Waals surface area contributed by atoms with E-state index in [2.05, 4.69) is 31.5 Å². The maximum atomic E-state index is 13.3. The standard InChI is InChI=1S/C29H28BrN3O4/c1-2-37-27(35)18-31-29(36)25(16-19-8-4-3-5-9-19)32-26(34)17-23-22-10-6-7-11-24(22)33-28(23)20-12-14-21(30)15-13-20/h3-15,25,33H,2,16-18H2,1H3,(H,31,36)(H,32,34)/t25-/m0/s1. The molecule has 4 aromatic rings. The van der Waals surface area contributed by atoms with Crippen LogP contribution in [0.25, 0.3) is 22.2 Å². The number of nitrogens with one attached hydrogen (secondary N) is 3. The van der Waals surface area contributed by atoms with Crippen molar-refractivity contribution >= 4 is 44.6 Å². The van der Waals surface area contributed by atoms with Gasteiger partial charge in [-0.1, -0.05) is 76.6 Å². The number of aromatic amines is 1. The number of hydrogen-bond donors (Lipinski definition) is 3. The highest BCUT2D eigenvalue weighted by Crippen LogP contribution is 2.31. The number of aromatic nitrogens is 1. The van der Waals surface area contributed by atoms with Crippen LogP contribution >= 0.6 is 15.9 Å². The van der Waals surface area contributed by atoms with Crippen molar-refractivity contribution in [3.05, 3.63) is 94.5 Å². The summed E-state index contributed by atoms with van der Waals surface area (Å²) in [5.41, 5.74) is 4.48. The topological polar surface area (TPSA) is 100 Å². The quantitative estimate of drug-likeness (QED) is 0.247.